The molecular formula is C33H39N7O4. The van der Waals surface area contributed by atoms with Crippen LogP contribution in [0.5, 0.6) is 11.5 Å². The highest BCUT2D eigenvalue weighted by Gasteiger charge is 2.36. The predicted molar refractivity (Wildman–Crippen MR) is 170 cm³/mol. The van der Waals surface area contributed by atoms with E-state index >= 15 is 0 Å². The number of hydrogen-bond acceptors (Lipinski definition) is 8. The van der Waals surface area contributed by atoms with Crippen molar-refractivity contribution in [3.63, 3.8) is 0 Å². The first-order chi connectivity index (χ1) is 21.4. The molecule has 11 nitrogen and oxygen atoms in total. The van der Waals surface area contributed by atoms with Crippen LogP contribution < -0.4 is 14.8 Å². The number of benzene rings is 2. The molecule has 2 aliphatic rings. The summed E-state index contributed by atoms with van der Waals surface area (Å²) < 4.78 is 12.8. The molecule has 11 heteroatoms. The lowest BCUT2D eigenvalue weighted by Gasteiger charge is -2.40. The Morgan fingerprint density at radius 1 is 1.00 bits per heavy atom. The average Bonchev–Trinajstić information content (AvgIpc) is 3.41. The Balaban J connectivity index is 0.00000123. The largest absolute Gasteiger partial charge is 0.497 e. The molecule has 1 N–H and O–H groups in total. The lowest BCUT2D eigenvalue weighted by Crippen LogP contribution is -2.55. The number of ether oxygens (including phenoxy) is 2. The average molecular weight is 598 g/mol. The molecule has 44 heavy (non-hydrogen) atoms. The molecule has 0 spiro atoms. The fraction of sp³-hybridized carbons (Fsp3) is 0.364. The van der Waals surface area contributed by atoms with Gasteiger partial charge in [-0.15, -0.1) is 6.58 Å². The number of nitrogens with one attached hydrogen (secondary N) is 1. The van der Waals surface area contributed by atoms with Crippen LogP contribution in [0.25, 0.3) is 22.3 Å². The fourth-order valence-electron chi connectivity index (χ4n) is 5.65. The van der Waals surface area contributed by atoms with E-state index in [1.807, 2.05) is 54.4 Å². The van der Waals surface area contributed by atoms with Gasteiger partial charge in [0.25, 0.3) is 0 Å². The van der Waals surface area contributed by atoms with Gasteiger partial charge >= 0.3 is 0 Å². The zero-order valence-electron chi connectivity index (χ0n) is 25.7. The van der Waals surface area contributed by atoms with Crippen LogP contribution in [-0.2, 0) is 9.59 Å². The second-order valence-electron chi connectivity index (χ2n) is 11.0. The number of likely N-dealkylation sites (tertiary alicyclic amines) is 2. The van der Waals surface area contributed by atoms with Crippen molar-refractivity contribution in [3.8, 4) is 22.8 Å². The highest BCUT2D eigenvalue weighted by Crippen LogP contribution is 2.32. The highest BCUT2D eigenvalue weighted by molar-refractivity contribution is 5.83. The first kappa shape index (κ1) is 30.5. The zero-order chi connectivity index (χ0) is 31.2. The molecule has 0 atom stereocenters. The minimum Gasteiger partial charge on any atom is -0.497 e. The molecule has 4 heterocycles. The third-order valence-electron chi connectivity index (χ3n) is 8.03. The SMILES string of the molecule is C=CC.COc1cc(Nc2ccc3ncc(-c4cnn(C5CCN(C(=O)C6CN(C=O)C6)CC5)c4C)nc3c2)cc(OC)c1. The molecule has 0 unspecified atom stereocenters. The molecule has 2 aliphatic heterocycles. The van der Waals surface area contributed by atoms with E-state index in [2.05, 4.69) is 28.5 Å². The number of carbonyl (C=O) groups is 2. The second-order valence-corrected chi connectivity index (χ2v) is 11.0. The molecule has 6 rings (SSSR count). The Bertz CT molecular complexity index is 1620. The fourth-order valence-corrected chi connectivity index (χ4v) is 5.65. The van der Waals surface area contributed by atoms with Gasteiger partial charge in [-0.3, -0.25) is 19.3 Å². The zero-order valence-corrected chi connectivity index (χ0v) is 25.7. The Morgan fingerprint density at radius 2 is 1.68 bits per heavy atom. The van der Waals surface area contributed by atoms with Gasteiger partial charge in [0.1, 0.15) is 11.5 Å². The Labute approximate surface area is 257 Å². The van der Waals surface area contributed by atoms with Crippen LogP contribution in [0.4, 0.5) is 11.4 Å². The van der Waals surface area contributed by atoms with E-state index in [9.17, 15) is 9.59 Å². The van der Waals surface area contributed by atoms with Crippen LogP contribution in [0.3, 0.4) is 0 Å². The minimum absolute atomic E-state index is 0.0599. The maximum atomic E-state index is 12.8. The normalized spacial score (nSPS) is 15.2. The van der Waals surface area contributed by atoms with Crippen molar-refractivity contribution in [3.05, 3.63) is 67.1 Å². The van der Waals surface area contributed by atoms with Crippen LogP contribution in [0.1, 0.15) is 31.5 Å². The summed E-state index contributed by atoms with van der Waals surface area (Å²) in [6, 6.07) is 11.7. The van der Waals surface area contributed by atoms with Crippen molar-refractivity contribution in [2.24, 2.45) is 5.92 Å². The Hall–Kier alpha value is -4.93. The lowest BCUT2D eigenvalue weighted by atomic mass is 9.97. The first-order valence-corrected chi connectivity index (χ1v) is 14.7. The van der Waals surface area contributed by atoms with E-state index in [4.69, 9.17) is 19.6 Å². The molecule has 2 amide bonds. The van der Waals surface area contributed by atoms with E-state index in [0.29, 0.717) is 37.7 Å². The molecule has 2 aromatic carbocycles. The van der Waals surface area contributed by atoms with E-state index in [-0.39, 0.29) is 17.9 Å². The van der Waals surface area contributed by atoms with Crippen molar-refractivity contribution in [2.75, 3.05) is 45.7 Å². The van der Waals surface area contributed by atoms with Gasteiger partial charge in [0.05, 0.1) is 55.3 Å². The van der Waals surface area contributed by atoms with Crippen LogP contribution in [0, 0.1) is 12.8 Å². The number of allylic oxidation sites excluding steroid dienone is 1. The standard InChI is InChI=1S/C30H33N7O4.C3H6/c1-19-26(14-32-37(19)23-6-8-36(9-7-23)30(39)20-16-35(17-20)18-38)29-15-31-27-5-4-21(12-28(27)34-29)33-22-10-24(40-2)13-25(11-22)41-3;1-3-2/h4-5,10-15,18,20,23,33H,6-9,16-17H2,1-3H3;3H,1H2,2H3. The Morgan fingerprint density at radius 3 is 2.32 bits per heavy atom. The second kappa shape index (κ2) is 13.6. The molecule has 2 saturated heterocycles. The van der Waals surface area contributed by atoms with Gasteiger partial charge in [0.2, 0.25) is 12.3 Å². The lowest BCUT2D eigenvalue weighted by molar-refractivity contribution is -0.144. The number of rotatable bonds is 8. The molecule has 0 aliphatic carbocycles. The first-order valence-electron chi connectivity index (χ1n) is 14.7. The van der Waals surface area contributed by atoms with Gasteiger partial charge in [-0.2, -0.15) is 5.10 Å². The monoisotopic (exact) mass is 597 g/mol. The quantitative estimate of drug-likeness (QED) is 0.223. The number of nitrogens with zero attached hydrogens (tertiary/aromatic N) is 6. The van der Waals surface area contributed by atoms with Gasteiger partial charge in [-0.1, -0.05) is 6.08 Å². The van der Waals surface area contributed by atoms with Gasteiger partial charge < -0.3 is 24.6 Å². The van der Waals surface area contributed by atoms with Crippen molar-refractivity contribution in [1.82, 2.24) is 29.5 Å². The molecule has 4 aromatic rings. The smallest absolute Gasteiger partial charge is 0.229 e. The number of amides is 2. The number of anilines is 2. The molecule has 2 fully saturated rings. The summed E-state index contributed by atoms with van der Waals surface area (Å²) in [4.78, 5) is 36.7. The summed E-state index contributed by atoms with van der Waals surface area (Å²) in [5.41, 5.74) is 6.01. The summed E-state index contributed by atoms with van der Waals surface area (Å²) in [5.74, 6) is 1.49. The van der Waals surface area contributed by atoms with E-state index in [0.717, 1.165) is 58.6 Å². The minimum atomic E-state index is -0.0599. The number of carbonyl (C=O) groups excluding carboxylic acids is 2. The maximum Gasteiger partial charge on any atom is 0.229 e. The van der Waals surface area contributed by atoms with Crippen LogP contribution in [0.15, 0.2) is 61.4 Å². The van der Waals surface area contributed by atoms with Crippen LogP contribution in [-0.4, -0.2) is 82.3 Å². The highest BCUT2D eigenvalue weighted by atomic mass is 16.5. The third kappa shape index (κ3) is 6.51. The van der Waals surface area contributed by atoms with Crippen molar-refractivity contribution in [1.29, 1.82) is 0 Å². The number of aromatic nitrogens is 4. The van der Waals surface area contributed by atoms with Crippen LogP contribution >= 0.6 is 0 Å². The maximum absolute atomic E-state index is 12.8. The number of fused-ring (bicyclic) bond motifs is 1. The Kier molecular flexibility index (Phi) is 9.42. The number of methoxy groups -OCH3 is 2. The van der Waals surface area contributed by atoms with Crippen molar-refractivity contribution < 1.29 is 19.1 Å². The molecule has 2 aromatic heterocycles. The summed E-state index contributed by atoms with van der Waals surface area (Å²) in [6.45, 7) is 9.76. The molecular weight excluding hydrogens is 558 g/mol. The van der Waals surface area contributed by atoms with Crippen molar-refractivity contribution >= 4 is 34.7 Å². The van der Waals surface area contributed by atoms with Gasteiger partial charge in [-0.25, -0.2) is 4.98 Å². The summed E-state index contributed by atoms with van der Waals surface area (Å²) in [6.07, 6.45) is 7.88. The predicted octanol–water partition coefficient (Wildman–Crippen LogP) is 5.01. The van der Waals surface area contributed by atoms with E-state index < -0.39 is 0 Å². The van der Waals surface area contributed by atoms with Crippen LogP contribution in [0.2, 0.25) is 0 Å². The topological polar surface area (TPSA) is 115 Å². The molecule has 0 bridgehead atoms. The summed E-state index contributed by atoms with van der Waals surface area (Å²) in [5, 5.41) is 8.12. The van der Waals surface area contributed by atoms with Crippen molar-refractivity contribution in [2.45, 2.75) is 32.7 Å². The number of hydrogen-bond donors (Lipinski definition) is 1. The van der Waals surface area contributed by atoms with Gasteiger partial charge in [0, 0.05) is 67.0 Å². The van der Waals surface area contributed by atoms with E-state index in [1.54, 1.807) is 31.4 Å². The molecule has 0 saturated carbocycles. The van der Waals surface area contributed by atoms with Gasteiger partial charge in [0.15, 0.2) is 0 Å². The summed E-state index contributed by atoms with van der Waals surface area (Å²) in [7, 11) is 3.25. The third-order valence-corrected chi connectivity index (χ3v) is 8.03. The van der Waals surface area contributed by atoms with Gasteiger partial charge in [-0.05, 0) is 44.9 Å². The molecule has 0 radical (unpaired) electrons. The molecule has 230 valence electrons. The van der Waals surface area contributed by atoms with E-state index in [1.165, 1.54) is 0 Å². The summed E-state index contributed by atoms with van der Waals surface area (Å²) >= 11 is 0. The number of piperidine rings is 1.